The van der Waals surface area contributed by atoms with E-state index in [1.54, 1.807) is 6.92 Å². The van der Waals surface area contributed by atoms with Crippen molar-refractivity contribution in [2.45, 2.75) is 45.8 Å². The highest BCUT2D eigenvalue weighted by Gasteiger charge is 2.30. The van der Waals surface area contributed by atoms with Gasteiger partial charge >= 0.3 is 5.97 Å². The number of carbonyl (C=O) groups is 2. The molecule has 1 heterocycles. The van der Waals surface area contributed by atoms with Crippen LogP contribution < -0.4 is 5.32 Å². The minimum atomic E-state index is -0.591. The zero-order valence-corrected chi connectivity index (χ0v) is 10.7. The molecule has 1 aliphatic heterocycles. The second-order valence-electron chi connectivity index (χ2n) is 4.48. The fourth-order valence-electron chi connectivity index (χ4n) is 1.76. The molecule has 17 heavy (non-hydrogen) atoms. The molecule has 0 aromatic heterocycles. The number of hydrogen-bond acceptors (Lipinski definition) is 4. The highest BCUT2D eigenvalue weighted by Crippen LogP contribution is 2.13. The number of rotatable bonds is 5. The predicted molar refractivity (Wildman–Crippen MR) is 62.4 cm³/mol. The molecule has 98 valence electrons. The Morgan fingerprint density at radius 1 is 1.47 bits per heavy atom. The second-order valence-corrected chi connectivity index (χ2v) is 4.48. The van der Waals surface area contributed by atoms with E-state index >= 15 is 0 Å². The SMILES string of the molecule is CCOC(=O)[C@@H](NC(=O)C1CCCO1)C(C)C. The van der Waals surface area contributed by atoms with Gasteiger partial charge in [0.05, 0.1) is 6.61 Å². The zero-order chi connectivity index (χ0) is 12.8. The van der Waals surface area contributed by atoms with Gasteiger partial charge in [-0.1, -0.05) is 13.8 Å². The molecule has 0 spiro atoms. The highest BCUT2D eigenvalue weighted by atomic mass is 16.5. The van der Waals surface area contributed by atoms with Gasteiger partial charge in [0.1, 0.15) is 12.1 Å². The van der Waals surface area contributed by atoms with Gasteiger partial charge in [-0.3, -0.25) is 4.79 Å². The predicted octanol–water partition coefficient (Wildman–Crippen LogP) is 0.869. The van der Waals surface area contributed by atoms with Crippen LogP contribution in [0.25, 0.3) is 0 Å². The maximum Gasteiger partial charge on any atom is 0.328 e. The minimum Gasteiger partial charge on any atom is -0.464 e. The zero-order valence-electron chi connectivity index (χ0n) is 10.7. The lowest BCUT2D eigenvalue weighted by molar-refractivity contribution is -0.149. The molecular weight excluding hydrogens is 222 g/mol. The van der Waals surface area contributed by atoms with E-state index in [0.29, 0.717) is 13.2 Å². The van der Waals surface area contributed by atoms with Gasteiger partial charge in [-0.05, 0) is 25.7 Å². The van der Waals surface area contributed by atoms with E-state index in [2.05, 4.69) is 5.32 Å². The standard InChI is InChI=1S/C12H21NO4/c1-4-16-12(15)10(8(2)3)13-11(14)9-6-5-7-17-9/h8-10H,4-7H2,1-3H3,(H,13,14)/t9?,10-/m0/s1. The maximum atomic E-state index is 11.8. The number of nitrogens with one attached hydrogen (secondary N) is 1. The normalized spacial score (nSPS) is 21.3. The summed E-state index contributed by atoms with van der Waals surface area (Å²) in [7, 11) is 0. The summed E-state index contributed by atoms with van der Waals surface area (Å²) in [6.07, 6.45) is 1.20. The molecular formula is C12H21NO4. The summed E-state index contributed by atoms with van der Waals surface area (Å²) >= 11 is 0. The number of carbonyl (C=O) groups excluding carboxylic acids is 2. The summed E-state index contributed by atoms with van der Waals surface area (Å²) in [6, 6.07) is -0.591. The van der Waals surface area contributed by atoms with E-state index < -0.39 is 12.1 Å². The molecule has 1 saturated heterocycles. The van der Waals surface area contributed by atoms with Gasteiger partial charge < -0.3 is 14.8 Å². The Balaban J connectivity index is 2.53. The lowest BCUT2D eigenvalue weighted by atomic mass is 10.0. The number of amides is 1. The van der Waals surface area contributed by atoms with E-state index in [0.717, 1.165) is 12.8 Å². The molecule has 1 aliphatic rings. The van der Waals surface area contributed by atoms with E-state index in [4.69, 9.17) is 9.47 Å². The molecule has 5 nitrogen and oxygen atoms in total. The van der Waals surface area contributed by atoms with Gasteiger partial charge in [0.25, 0.3) is 0 Å². The molecule has 0 radical (unpaired) electrons. The Hall–Kier alpha value is -1.10. The summed E-state index contributed by atoms with van der Waals surface area (Å²) in [4.78, 5) is 23.5. The molecule has 1 amide bonds. The second kappa shape index (κ2) is 6.59. The first-order valence-corrected chi connectivity index (χ1v) is 6.14. The van der Waals surface area contributed by atoms with E-state index in [9.17, 15) is 9.59 Å². The van der Waals surface area contributed by atoms with Gasteiger partial charge in [-0.25, -0.2) is 4.79 Å². The molecule has 5 heteroatoms. The summed E-state index contributed by atoms with van der Waals surface area (Å²) in [5.41, 5.74) is 0. The fraction of sp³-hybridized carbons (Fsp3) is 0.833. The Kier molecular flexibility index (Phi) is 5.41. The highest BCUT2D eigenvalue weighted by molar-refractivity contribution is 5.87. The largest absolute Gasteiger partial charge is 0.464 e. The van der Waals surface area contributed by atoms with Crippen LogP contribution in [0.2, 0.25) is 0 Å². The van der Waals surface area contributed by atoms with Crippen LogP contribution in [0.15, 0.2) is 0 Å². The van der Waals surface area contributed by atoms with Crippen molar-refractivity contribution in [3.8, 4) is 0 Å². The monoisotopic (exact) mass is 243 g/mol. The number of esters is 1. The van der Waals surface area contributed by atoms with Crippen LogP contribution >= 0.6 is 0 Å². The topological polar surface area (TPSA) is 64.6 Å². The molecule has 0 saturated carbocycles. The average Bonchev–Trinajstić information content (AvgIpc) is 2.78. The third kappa shape index (κ3) is 4.00. The lowest BCUT2D eigenvalue weighted by Crippen LogP contribution is -2.48. The molecule has 1 unspecified atom stereocenters. The van der Waals surface area contributed by atoms with E-state index in [1.807, 2.05) is 13.8 Å². The van der Waals surface area contributed by atoms with Crippen molar-refractivity contribution in [3.05, 3.63) is 0 Å². The van der Waals surface area contributed by atoms with E-state index in [-0.39, 0.29) is 17.8 Å². The third-order valence-electron chi connectivity index (χ3n) is 2.73. The summed E-state index contributed by atoms with van der Waals surface area (Å²) in [6.45, 7) is 6.42. The first kappa shape index (κ1) is 14.0. The third-order valence-corrected chi connectivity index (χ3v) is 2.73. The van der Waals surface area contributed by atoms with Gasteiger partial charge in [0.2, 0.25) is 5.91 Å². The first-order valence-electron chi connectivity index (χ1n) is 6.14. The van der Waals surface area contributed by atoms with E-state index in [1.165, 1.54) is 0 Å². The number of ether oxygens (including phenoxy) is 2. The van der Waals surface area contributed by atoms with Crippen LogP contribution in [0.3, 0.4) is 0 Å². The van der Waals surface area contributed by atoms with Gasteiger partial charge in [-0.15, -0.1) is 0 Å². The Bertz CT molecular complexity index is 272. The fourth-order valence-corrected chi connectivity index (χ4v) is 1.76. The Labute approximate surface area is 102 Å². The molecule has 1 rings (SSSR count). The lowest BCUT2D eigenvalue weighted by Gasteiger charge is -2.22. The summed E-state index contributed by atoms with van der Waals surface area (Å²) in [5.74, 6) is -0.595. The van der Waals surface area contributed by atoms with Crippen LogP contribution in [-0.4, -0.2) is 37.2 Å². The van der Waals surface area contributed by atoms with Gasteiger partial charge in [0, 0.05) is 6.61 Å². The quantitative estimate of drug-likeness (QED) is 0.728. The van der Waals surface area contributed by atoms with Crippen LogP contribution in [0.4, 0.5) is 0 Å². The average molecular weight is 243 g/mol. The van der Waals surface area contributed by atoms with Crippen LogP contribution in [0.1, 0.15) is 33.6 Å². The Morgan fingerprint density at radius 3 is 2.65 bits per heavy atom. The molecule has 2 atom stereocenters. The van der Waals surface area contributed by atoms with Crippen LogP contribution in [0.5, 0.6) is 0 Å². The van der Waals surface area contributed by atoms with Crippen LogP contribution in [0, 0.1) is 5.92 Å². The van der Waals surface area contributed by atoms with Crippen molar-refractivity contribution in [2.75, 3.05) is 13.2 Å². The molecule has 0 aliphatic carbocycles. The molecule has 1 fully saturated rings. The van der Waals surface area contributed by atoms with Crippen molar-refractivity contribution in [1.29, 1.82) is 0 Å². The molecule has 1 N–H and O–H groups in total. The summed E-state index contributed by atoms with van der Waals surface area (Å²) < 4.78 is 10.2. The van der Waals surface area contributed by atoms with Gasteiger partial charge in [-0.2, -0.15) is 0 Å². The number of hydrogen-bond donors (Lipinski definition) is 1. The van der Waals surface area contributed by atoms with Crippen molar-refractivity contribution in [1.82, 2.24) is 5.32 Å². The van der Waals surface area contributed by atoms with Crippen molar-refractivity contribution < 1.29 is 19.1 Å². The molecule has 0 aromatic rings. The van der Waals surface area contributed by atoms with Crippen LogP contribution in [-0.2, 0) is 19.1 Å². The molecule has 0 bridgehead atoms. The first-order chi connectivity index (χ1) is 8.06. The summed E-state index contributed by atoms with van der Waals surface area (Å²) in [5, 5.41) is 2.70. The van der Waals surface area contributed by atoms with Crippen molar-refractivity contribution in [3.63, 3.8) is 0 Å². The smallest absolute Gasteiger partial charge is 0.328 e. The maximum absolute atomic E-state index is 11.8. The Morgan fingerprint density at radius 2 is 2.18 bits per heavy atom. The molecule has 0 aromatic carbocycles. The van der Waals surface area contributed by atoms with Crippen molar-refractivity contribution >= 4 is 11.9 Å². The van der Waals surface area contributed by atoms with Gasteiger partial charge in [0.15, 0.2) is 0 Å². The minimum absolute atomic E-state index is 0.000553. The van der Waals surface area contributed by atoms with Crippen molar-refractivity contribution in [2.24, 2.45) is 5.92 Å².